The lowest BCUT2D eigenvalue weighted by Gasteiger charge is -2.49. The molecular formula is C29H32FN3O2. The summed E-state index contributed by atoms with van der Waals surface area (Å²) in [6.45, 7) is 3.96. The minimum Gasteiger partial charge on any atom is -0.497 e. The third kappa shape index (κ3) is 5.33. The van der Waals surface area contributed by atoms with E-state index in [1.165, 1.54) is 28.9 Å². The summed E-state index contributed by atoms with van der Waals surface area (Å²) in [4.78, 5) is 18.3. The smallest absolute Gasteiger partial charge is 0.225 e. The Hall–Kier alpha value is -3.38. The van der Waals surface area contributed by atoms with E-state index in [0.29, 0.717) is 6.54 Å². The van der Waals surface area contributed by atoms with Gasteiger partial charge in [0.2, 0.25) is 5.91 Å². The van der Waals surface area contributed by atoms with Crippen LogP contribution in [-0.2, 0) is 24.2 Å². The second-order valence-electron chi connectivity index (χ2n) is 9.45. The maximum atomic E-state index is 13.4. The minimum atomic E-state index is -0.214. The number of benzene rings is 3. The van der Waals surface area contributed by atoms with Crippen LogP contribution < -0.4 is 15.0 Å². The van der Waals surface area contributed by atoms with Crippen LogP contribution in [0.2, 0.25) is 0 Å². The summed E-state index contributed by atoms with van der Waals surface area (Å²) in [6.07, 6.45) is 1.53. The number of ether oxygens (including phenoxy) is 1. The Morgan fingerprint density at radius 3 is 2.51 bits per heavy atom. The van der Waals surface area contributed by atoms with Gasteiger partial charge in [-0.2, -0.15) is 0 Å². The Morgan fingerprint density at radius 1 is 1.00 bits per heavy atom. The number of carbonyl (C=O) groups is 1. The van der Waals surface area contributed by atoms with Crippen LogP contribution in [0.5, 0.6) is 5.75 Å². The van der Waals surface area contributed by atoms with Crippen LogP contribution in [-0.4, -0.2) is 50.1 Å². The third-order valence-corrected chi connectivity index (χ3v) is 7.24. The van der Waals surface area contributed by atoms with Crippen molar-refractivity contribution in [1.29, 1.82) is 0 Å². The number of hydrogen-bond acceptors (Lipinski definition) is 4. The summed E-state index contributed by atoms with van der Waals surface area (Å²) in [5.74, 6) is 0.624. The first-order valence-corrected chi connectivity index (χ1v) is 12.3. The summed E-state index contributed by atoms with van der Waals surface area (Å²) in [6, 6.07) is 23.3. The first kappa shape index (κ1) is 23.4. The molecule has 6 heteroatoms. The highest BCUT2D eigenvalue weighted by Gasteiger charge is 2.41. The number of rotatable bonds is 7. The van der Waals surface area contributed by atoms with Crippen LogP contribution in [0.4, 0.5) is 10.1 Å². The van der Waals surface area contributed by atoms with Crippen LogP contribution >= 0.6 is 0 Å². The number of carbonyl (C=O) groups excluding carboxylic acids is 1. The van der Waals surface area contributed by atoms with Gasteiger partial charge in [0.25, 0.3) is 0 Å². The maximum absolute atomic E-state index is 13.4. The van der Waals surface area contributed by atoms with Crippen molar-refractivity contribution in [2.75, 3.05) is 38.2 Å². The molecular weight excluding hydrogens is 441 g/mol. The maximum Gasteiger partial charge on any atom is 0.225 e. The summed E-state index contributed by atoms with van der Waals surface area (Å²) < 4.78 is 18.6. The predicted molar refractivity (Wildman–Crippen MR) is 136 cm³/mol. The lowest BCUT2D eigenvalue weighted by atomic mass is 9.83. The number of piperazine rings is 1. The molecule has 5 rings (SSSR count). The van der Waals surface area contributed by atoms with Gasteiger partial charge in [0.1, 0.15) is 11.6 Å². The first-order valence-electron chi connectivity index (χ1n) is 12.3. The number of hydrogen-bond donors (Lipinski definition) is 1. The SMILES string of the molecule is COc1ccc(CCNC(=O)[C@@H]2Cc3ccccc3N3CCN(Cc4ccc(F)cc4)C[C@@H]23)cc1. The molecule has 0 aromatic heterocycles. The fraction of sp³-hybridized carbons (Fsp3) is 0.345. The van der Waals surface area contributed by atoms with Gasteiger partial charge in [0.05, 0.1) is 19.1 Å². The van der Waals surface area contributed by atoms with Gasteiger partial charge in [-0.15, -0.1) is 0 Å². The molecule has 1 amide bonds. The molecule has 182 valence electrons. The molecule has 0 radical (unpaired) electrons. The van der Waals surface area contributed by atoms with E-state index in [1.807, 2.05) is 36.4 Å². The van der Waals surface area contributed by atoms with E-state index < -0.39 is 0 Å². The average Bonchev–Trinajstić information content (AvgIpc) is 2.89. The number of amides is 1. The molecule has 2 aliphatic heterocycles. The molecule has 1 N–H and O–H groups in total. The number of anilines is 1. The number of para-hydroxylation sites is 1. The molecule has 0 unspecified atom stereocenters. The van der Waals surface area contributed by atoms with Crippen molar-refractivity contribution in [3.05, 3.63) is 95.3 Å². The quantitative estimate of drug-likeness (QED) is 0.562. The molecule has 1 fully saturated rings. The number of halogens is 1. The Morgan fingerprint density at radius 2 is 1.74 bits per heavy atom. The van der Waals surface area contributed by atoms with Gasteiger partial charge >= 0.3 is 0 Å². The summed E-state index contributed by atoms with van der Waals surface area (Å²) in [5.41, 5.74) is 4.76. The van der Waals surface area contributed by atoms with Gasteiger partial charge in [-0.1, -0.05) is 42.5 Å². The summed E-state index contributed by atoms with van der Waals surface area (Å²) in [7, 11) is 1.66. The van der Waals surface area contributed by atoms with Gasteiger partial charge < -0.3 is 15.0 Å². The van der Waals surface area contributed by atoms with Crippen molar-refractivity contribution in [2.45, 2.75) is 25.4 Å². The van der Waals surface area contributed by atoms with Crippen LogP contribution in [0, 0.1) is 11.7 Å². The Kier molecular flexibility index (Phi) is 7.00. The van der Waals surface area contributed by atoms with Gasteiger partial charge in [0.15, 0.2) is 0 Å². The van der Waals surface area contributed by atoms with Crippen molar-refractivity contribution in [2.24, 2.45) is 5.92 Å². The van der Waals surface area contributed by atoms with Gasteiger partial charge in [-0.3, -0.25) is 9.69 Å². The molecule has 0 aliphatic carbocycles. The molecule has 5 nitrogen and oxygen atoms in total. The molecule has 0 spiro atoms. The molecule has 3 aromatic rings. The van der Waals surface area contributed by atoms with E-state index in [9.17, 15) is 9.18 Å². The van der Waals surface area contributed by atoms with Crippen molar-refractivity contribution in [3.8, 4) is 5.75 Å². The number of fused-ring (bicyclic) bond motifs is 3. The highest BCUT2D eigenvalue weighted by molar-refractivity contribution is 5.82. The third-order valence-electron chi connectivity index (χ3n) is 7.24. The zero-order valence-corrected chi connectivity index (χ0v) is 20.1. The number of nitrogens with zero attached hydrogens (tertiary/aromatic N) is 2. The summed E-state index contributed by atoms with van der Waals surface area (Å²) >= 11 is 0. The van der Waals surface area contributed by atoms with Gasteiger partial charge in [-0.25, -0.2) is 4.39 Å². The van der Waals surface area contributed by atoms with Crippen LogP contribution in [0.15, 0.2) is 72.8 Å². The van der Waals surface area contributed by atoms with E-state index in [4.69, 9.17) is 4.74 Å². The normalized spacial score (nSPS) is 19.5. The average molecular weight is 474 g/mol. The standard InChI is InChI=1S/C29H32FN3O2/c1-35-25-12-8-21(9-13-25)14-15-31-29(34)26-18-23-4-2-3-5-27(23)33-17-16-32(20-28(26)33)19-22-6-10-24(30)11-7-22/h2-13,26,28H,14-20H2,1H3,(H,31,34)/t26-,28+/m1/s1. The highest BCUT2D eigenvalue weighted by Crippen LogP contribution is 2.36. The minimum absolute atomic E-state index is 0.111. The molecule has 0 saturated carbocycles. The molecule has 2 aliphatic rings. The topological polar surface area (TPSA) is 44.8 Å². The van der Waals surface area contributed by atoms with E-state index >= 15 is 0 Å². The Bertz CT molecular complexity index is 1150. The molecule has 3 aromatic carbocycles. The van der Waals surface area contributed by atoms with Crippen molar-refractivity contribution in [1.82, 2.24) is 10.2 Å². The largest absolute Gasteiger partial charge is 0.497 e. The van der Waals surface area contributed by atoms with E-state index in [-0.39, 0.29) is 23.7 Å². The van der Waals surface area contributed by atoms with E-state index in [1.54, 1.807) is 7.11 Å². The van der Waals surface area contributed by atoms with Crippen molar-refractivity contribution < 1.29 is 13.9 Å². The molecule has 35 heavy (non-hydrogen) atoms. The number of nitrogens with one attached hydrogen (secondary N) is 1. The van der Waals surface area contributed by atoms with Crippen molar-refractivity contribution >= 4 is 11.6 Å². The fourth-order valence-electron chi connectivity index (χ4n) is 5.36. The highest BCUT2D eigenvalue weighted by atomic mass is 19.1. The monoisotopic (exact) mass is 473 g/mol. The molecule has 1 saturated heterocycles. The second-order valence-corrected chi connectivity index (χ2v) is 9.45. The Labute approximate surface area is 206 Å². The first-order chi connectivity index (χ1) is 17.1. The predicted octanol–water partition coefficient (Wildman–Crippen LogP) is 4.06. The lowest BCUT2D eigenvalue weighted by Crippen LogP contribution is -2.61. The molecule has 0 bridgehead atoms. The van der Waals surface area contributed by atoms with Crippen LogP contribution in [0.25, 0.3) is 0 Å². The Balaban J connectivity index is 1.27. The zero-order valence-electron chi connectivity index (χ0n) is 20.1. The van der Waals surface area contributed by atoms with Gasteiger partial charge in [-0.05, 0) is 59.9 Å². The van der Waals surface area contributed by atoms with Gasteiger partial charge in [0, 0.05) is 38.4 Å². The zero-order chi connectivity index (χ0) is 24.2. The molecule has 2 heterocycles. The van der Waals surface area contributed by atoms with E-state index in [2.05, 4.69) is 39.4 Å². The van der Waals surface area contributed by atoms with E-state index in [0.717, 1.165) is 50.3 Å². The fourth-order valence-corrected chi connectivity index (χ4v) is 5.36. The van der Waals surface area contributed by atoms with Crippen LogP contribution in [0.3, 0.4) is 0 Å². The van der Waals surface area contributed by atoms with Crippen LogP contribution in [0.1, 0.15) is 16.7 Å². The number of methoxy groups -OCH3 is 1. The second kappa shape index (κ2) is 10.5. The summed E-state index contributed by atoms with van der Waals surface area (Å²) in [5, 5.41) is 3.21. The lowest BCUT2D eigenvalue weighted by molar-refractivity contribution is -0.126. The van der Waals surface area contributed by atoms with Crippen molar-refractivity contribution in [3.63, 3.8) is 0 Å². The molecule has 2 atom stereocenters.